The molecule has 1 aromatic rings. The van der Waals surface area contributed by atoms with E-state index in [1.165, 1.54) is 0 Å². The Morgan fingerprint density at radius 2 is 1.89 bits per heavy atom. The van der Waals surface area contributed by atoms with Gasteiger partial charge in [-0.2, -0.15) is 0 Å². The van der Waals surface area contributed by atoms with Crippen molar-refractivity contribution in [3.63, 3.8) is 0 Å². The van der Waals surface area contributed by atoms with Gasteiger partial charge in [0.2, 0.25) is 0 Å². The maximum absolute atomic E-state index is 10.5. The average molecular weight is 314 g/mol. The lowest BCUT2D eigenvalue weighted by Gasteiger charge is -2.26. The molecule has 100 valence electrons. The second-order valence-electron chi connectivity index (χ2n) is 5.27. The first kappa shape index (κ1) is 13.7. The van der Waals surface area contributed by atoms with Gasteiger partial charge < -0.3 is 15.6 Å². The number of phenols is 1. The van der Waals surface area contributed by atoms with Crippen LogP contribution in [-0.4, -0.2) is 18.3 Å². The van der Waals surface area contributed by atoms with Crippen molar-refractivity contribution in [3.05, 3.63) is 21.2 Å². The molecule has 1 fully saturated rings. The molecule has 0 amide bonds. The number of phenolic OH excluding ortho intramolecular Hbond substituents is 1. The van der Waals surface area contributed by atoms with Crippen molar-refractivity contribution < 1.29 is 9.84 Å². The average Bonchev–Trinajstić information content (AvgIpc) is 3.09. The van der Waals surface area contributed by atoms with E-state index < -0.39 is 0 Å². The number of nitrogens with two attached hydrogens (primary N) is 1. The lowest BCUT2D eigenvalue weighted by atomic mass is 9.84. The van der Waals surface area contributed by atoms with E-state index in [1.807, 2.05) is 20.8 Å². The van der Waals surface area contributed by atoms with E-state index in [2.05, 4.69) is 15.9 Å². The molecule has 0 aliphatic heterocycles. The minimum atomic E-state index is -0.0856. The molecule has 2 rings (SSSR count). The van der Waals surface area contributed by atoms with Crippen molar-refractivity contribution >= 4 is 15.9 Å². The summed E-state index contributed by atoms with van der Waals surface area (Å²) in [6, 6.07) is 0.0291. The minimum absolute atomic E-state index is 0.0291. The minimum Gasteiger partial charge on any atom is -0.504 e. The number of hydrogen-bond donors (Lipinski definition) is 2. The summed E-state index contributed by atoms with van der Waals surface area (Å²) in [7, 11) is 1.58. The van der Waals surface area contributed by atoms with E-state index in [-0.39, 0.29) is 17.2 Å². The Labute approximate surface area is 116 Å². The molecule has 0 radical (unpaired) electrons. The monoisotopic (exact) mass is 313 g/mol. The molecule has 0 heterocycles. The number of rotatable bonds is 3. The van der Waals surface area contributed by atoms with E-state index in [1.54, 1.807) is 7.11 Å². The Morgan fingerprint density at radius 3 is 2.28 bits per heavy atom. The molecule has 1 aliphatic carbocycles. The van der Waals surface area contributed by atoms with Gasteiger partial charge in [0.25, 0.3) is 0 Å². The predicted octanol–water partition coefficient (Wildman–Crippen LogP) is 3.16. The zero-order valence-electron chi connectivity index (χ0n) is 11.3. The molecule has 0 spiro atoms. The van der Waals surface area contributed by atoms with E-state index >= 15 is 0 Å². The van der Waals surface area contributed by atoms with Gasteiger partial charge in [-0.3, -0.25) is 0 Å². The van der Waals surface area contributed by atoms with Crippen molar-refractivity contribution in [2.75, 3.05) is 7.11 Å². The van der Waals surface area contributed by atoms with E-state index in [0.717, 1.165) is 34.0 Å². The van der Waals surface area contributed by atoms with Crippen LogP contribution in [0.5, 0.6) is 11.5 Å². The van der Waals surface area contributed by atoms with Crippen LogP contribution in [0.25, 0.3) is 0 Å². The van der Waals surface area contributed by atoms with E-state index in [0.29, 0.717) is 5.75 Å². The molecular formula is C14H20BrNO2. The molecule has 0 saturated heterocycles. The van der Waals surface area contributed by atoms with Crippen LogP contribution < -0.4 is 10.5 Å². The van der Waals surface area contributed by atoms with Gasteiger partial charge in [0.05, 0.1) is 7.11 Å². The smallest absolute Gasteiger partial charge is 0.164 e. The van der Waals surface area contributed by atoms with Crippen molar-refractivity contribution in [3.8, 4) is 11.5 Å². The van der Waals surface area contributed by atoms with E-state index in [4.69, 9.17) is 10.5 Å². The fraction of sp³-hybridized carbons (Fsp3) is 0.571. The van der Waals surface area contributed by atoms with Crippen LogP contribution in [0.15, 0.2) is 4.47 Å². The summed E-state index contributed by atoms with van der Waals surface area (Å²) >= 11 is 3.59. The lowest BCUT2D eigenvalue weighted by molar-refractivity contribution is 0.361. The SMILES string of the molecule is COc1c(C)c(Br)c(C)c(C2(C(C)N)CC2)c1O. The molecule has 1 aliphatic rings. The van der Waals surface area contributed by atoms with Crippen LogP contribution in [0.2, 0.25) is 0 Å². The van der Waals surface area contributed by atoms with Crippen molar-refractivity contribution in [1.29, 1.82) is 0 Å². The normalized spacial score (nSPS) is 18.6. The summed E-state index contributed by atoms with van der Waals surface area (Å²) in [5.74, 6) is 0.805. The molecule has 0 bridgehead atoms. The van der Waals surface area contributed by atoms with Crippen LogP contribution in [0, 0.1) is 13.8 Å². The summed E-state index contributed by atoms with van der Waals surface area (Å²) in [4.78, 5) is 0. The van der Waals surface area contributed by atoms with Crippen molar-refractivity contribution in [2.45, 2.75) is 45.1 Å². The molecule has 18 heavy (non-hydrogen) atoms. The number of methoxy groups -OCH3 is 1. The third-order valence-electron chi connectivity index (χ3n) is 4.19. The molecule has 3 nitrogen and oxygen atoms in total. The zero-order chi connectivity index (χ0) is 13.7. The fourth-order valence-corrected chi connectivity index (χ4v) is 3.26. The predicted molar refractivity (Wildman–Crippen MR) is 76.4 cm³/mol. The maximum atomic E-state index is 10.5. The van der Waals surface area contributed by atoms with Gasteiger partial charge in [-0.1, -0.05) is 15.9 Å². The van der Waals surface area contributed by atoms with E-state index in [9.17, 15) is 5.11 Å². The largest absolute Gasteiger partial charge is 0.504 e. The molecule has 1 unspecified atom stereocenters. The molecule has 1 atom stereocenters. The summed E-state index contributed by atoms with van der Waals surface area (Å²) in [6.45, 7) is 5.96. The van der Waals surface area contributed by atoms with Gasteiger partial charge in [0.15, 0.2) is 11.5 Å². The number of aromatic hydroxyl groups is 1. The number of benzene rings is 1. The van der Waals surface area contributed by atoms with Crippen LogP contribution >= 0.6 is 15.9 Å². The summed E-state index contributed by atoms with van der Waals surface area (Å²) in [6.07, 6.45) is 2.05. The zero-order valence-corrected chi connectivity index (χ0v) is 12.9. The van der Waals surface area contributed by atoms with Gasteiger partial charge in [-0.15, -0.1) is 0 Å². The fourth-order valence-electron chi connectivity index (χ4n) is 2.89. The highest BCUT2D eigenvalue weighted by Crippen LogP contribution is 2.57. The molecule has 1 aromatic carbocycles. The number of hydrogen-bond acceptors (Lipinski definition) is 3. The maximum Gasteiger partial charge on any atom is 0.164 e. The second-order valence-corrected chi connectivity index (χ2v) is 6.06. The van der Waals surface area contributed by atoms with Gasteiger partial charge in [0.1, 0.15) is 0 Å². The Morgan fingerprint density at radius 1 is 1.33 bits per heavy atom. The molecule has 1 saturated carbocycles. The highest BCUT2D eigenvalue weighted by molar-refractivity contribution is 9.10. The van der Waals surface area contributed by atoms with Gasteiger partial charge in [-0.25, -0.2) is 0 Å². The first-order valence-electron chi connectivity index (χ1n) is 6.18. The van der Waals surface area contributed by atoms with Crippen LogP contribution in [0.1, 0.15) is 36.5 Å². The number of halogens is 1. The third-order valence-corrected chi connectivity index (χ3v) is 5.38. The number of ether oxygens (including phenoxy) is 1. The highest BCUT2D eigenvalue weighted by atomic mass is 79.9. The van der Waals surface area contributed by atoms with Gasteiger partial charge >= 0.3 is 0 Å². The Kier molecular flexibility index (Phi) is 3.36. The summed E-state index contributed by atoms with van der Waals surface area (Å²) < 4.78 is 6.33. The summed E-state index contributed by atoms with van der Waals surface area (Å²) in [5, 5.41) is 10.5. The molecular weight excluding hydrogens is 294 g/mol. The molecule has 4 heteroatoms. The van der Waals surface area contributed by atoms with Crippen molar-refractivity contribution in [1.82, 2.24) is 0 Å². The Hall–Kier alpha value is -0.740. The summed E-state index contributed by atoms with van der Waals surface area (Å²) in [5.41, 5.74) is 8.98. The van der Waals surface area contributed by atoms with Crippen LogP contribution in [0.4, 0.5) is 0 Å². The first-order valence-corrected chi connectivity index (χ1v) is 6.97. The third kappa shape index (κ3) is 1.74. The Bertz CT molecular complexity index is 493. The van der Waals surface area contributed by atoms with Gasteiger partial charge in [-0.05, 0) is 39.2 Å². The van der Waals surface area contributed by atoms with Crippen LogP contribution in [0.3, 0.4) is 0 Å². The van der Waals surface area contributed by atoms with Crippen molar-refractivity contribution in [2.24, 2.45) is 5.73 Å². The quantitative estimate of drug-likeness (QED) is 0.901. The Balaban J connectivity index is 2.72. The molecule has 3 N–H and O–H groups in total. The molecule has 0 aromatic heterocycles. The highest BCUT2D eigenvalue weighted by Gasteiger charge is 2.50. The lowest BCUT2D eigenvalue weighted by Crippen LogP contribution is -2.32. The first-order chi connectivity index (χ1) is 8.36. The standard InChI is InChI=1S/C14H20BrNO2/c1-7-10(14(5-6-14)9(3)16)12(17)13(18-4)8(2)11(7)15/h9,17H,5-6,16H2,1-4H3. The topological polar surface area (TPSA) is 55.5 Å². The van der Waals surface area contributed by atoms with Crippen LogP contribution in [-0.2, 0) is 5.41 Å². The second kappa shape index (κ2) is 4.42. The van der Waals surface area contributed by atoms with Gasteiger partial charge in [0, 0.05) is 27.1 Å².